The van der Waals surface area contributed by atoms with E-state index in [9.17, 15) is 15.0 Å². The lowest BCUT2D eigenvalue weighted by Crippen LogP contribution is -2.60. The van der Waals surface area contributed by atoms with Crippen molar-refractivity contribution in [1.82, 2.24) is 15.1 Å². The number of carbonyl (C=O) groups excluding carboxylic acids is 1. The lowest BCUT2D eigenvalue weighted by molar-refractivity contribution is -0.148. The van der Waals surface area contributed by atoms with Crippen LogP contribution in [0.2, 0.25) is 0 Å². The van der Waals surface area contributed by atoms with Gasteiger partial charge in [-0.2, -0.15) is 0 Å². The zero-order valence-corrected chi connectivity index (χ0v) is 17.3. The van der Waals surface area contributed by atoms with Crippen LogP contribution in [-0.2, 0) is 16.0 Å². The fourth-order valence-corrected chi connectivity index (χ4v) is 4.01. The summed E-state index contributed by atoms with van der Waals surface area (Å²) in [7, 11) is 0. The summed E-state index contributed by atoms with van der Waals surface area (Å²) in [6.45, 7) is 6.42. The molecule has 0 aromatic heterocycles. The molecule has 1 aromatic rings. The fourth-order valence-electron chi connectivity index (χ4n) is 4.01. The van der Waals surface area contributed by atoms with Crippen LogP contribution in [0.25, 0.3) is 0 Å². The Hall–Kier alpha value is -1.51. The standard InChI is InChI=1S/C22H35N3O4/c26-20-17-25(21(27)8-7-19-5-2-1-3-6-19)12-9-22(20,28)18-23-10-4-11-24-13-15-29-16-14-24/h1-3,5-6,20,23,26,28H,4,7-18H2/t20-,22-/m0/s1. The van der Waals surface area contributed by atoms with Crippen LogP contribution in [0, 0.1) is 0 Å². The Morgan fingerprint density at radius 2 is 1.97 bits per heavy atom. The number of morpholine rings is 1. The Labute approximate surface area is 173 Å². The van der Waals surface area contributed by atoms with Crippen molar-refractivity contribution in [2.75, 3.05) is 59.0 Å². The van der Waals surface area contributed by atoms with E-state index in [1.807, 2.05) is 30.3 Å². The summed E-state index contributed by atoms with van der Waals surface area (Å²) in [4.78, 5) is 16.5. The number of likely N-dealkylation sites (tertiary alicyclic amines) is 1. The highest BCUT2D eigenvalue weighted by atomic mass is 16.5. The molecule has 1 amide bonds. The Morgan fingerprint density at radius 3 is 2.69 bits per heavy atom. The van der Waals surface area contributed by atoms with E-state index in [-0.39, 0.29) is 12.5 Å². The van der Waals surface area contributed by atoms with Gasteiger partial charge < -0.3 is 25.2 Å². The van der Waals surface area contributed by atoms with Crippen molar-refractivity contribution < 1.29 is 19.7 Å². The quantitative estimate of drug-likeness (QED) is 0.511. The van der Waals surface area contributed by atoms with Crippen LogP contribution in [0.3, 0.4) is 0 Å². The van der Waals surface area contributed by atoms with E-state index >= 15 is 0 Å². The summed E-state index contributed by atoms with van der Waals surface area (Å²) in [6.07, 6.45) is 1.58. The van der Waals surface area contributed by atoms with Crippen LogP contribution >= 0.6 is 0 Å². The first-order valence-corrected chi connectivity index (χ1v) is 10.8. The molecule has 0 aliphatic carbocycles. The van der Waals surface area contributed by atoms with Gasteiger partial charge in [-0.15, -0.1) is 0 Å². The molecule has 2 atom stereocenters. The molecule has 0 saturated carbocycles. The Kier molecular flexibility index (Phi) is 8.44. The number of nitrogens with zero attached hydrogens (tertiary/aromatic N) is 2. The molecule has 2 aliphatic heterocycles. The molecule has 2 aliphatic rings. The molecule has 3 N–H and O–H groups in total. The molecule has 2 saturated heterocycles. The number of hydrogen-bond donors (Lipinski definition) is 3. The number of carbonyl (C=O) groups is 1. The van der Waals surface area contributed by atoms with Crippen molar-refractivity contribution >= 4 is 5.91 Å². The topological polar surface area (TPSA) is 85.3 Å². The van der Waals surface area contributed by atoms with E-state index in [1.54, 1.807) is 4.90 Å². The first-order valence-electron chi connectivity index (χ1n) is 10.8. The zero-order chi connectivity index (χ0) is 20.5. The molecule has 0 bridgehead atoms. The third kappa shape index (κ3) is 6.76. The Morgan fingerprint density at radius 1 is 1.21 bits per heavy atom. The van der Waals surface area contributed by atoms with Gasteiger partial charge >= 0.3 is 0 Å². The average molecular weight is 406 g/mol. The van der Waals surface area contributed by atoms with Gasteiger partial charge in [0.05, 0.1) is 13.2 Å². The maximum absolute atomic E-state index is 12.5. The number of aliphatic hydroxyl groups excluding tert-OH is 1. The molecule has 7 heteroatoms. The molecule has 0 unspecified atom stereocenters. The first kappa shape index (κ1) is 22.2. The maximum atomic E-state index is 12.5. The molecular weight excluding hydrogens is 370 g/mol. The predicted molar refractivity (Wildman–Crippen MR) is 112 cm³/mol. The highest BCUT2D eigenvalue weighted by molar-refractivity contribution is 5.76. The number of aryl methyl sites for hydroxylation is 1. The molecule has 2 fully saturated rings. The number of nitrogens with one attached hydrogen (secondary N) is 1. The number of amides is 1. The minimum atomic E-state index is -1.17. The van der Waals surface area contributed by atoms with Crippen molar-refractivity contribution in [1.29, 1.82) is 0 Å². The van der Waals surface area contributed by atoms with Crippen LogP contribution in [-0.4, -0.2) is 96.7 Å². The van der Waals surface area contributed by atoms with Crippen molar-refractivity contribution in [2.24, 2.45) is 0 Å². The number of ether oxygens (including phenoxy) is 1. The van der Waals surface area contributed by atoms with Crippen LogP contribution in [0.5, 0.6) is 0 Å². The first-order chi connectivity index (χ1) is 14.1. The van der Waals surface area contributed by atoms with E-state index in [0.717, 1.165) is 51.4 Å². The number of hydrogen-bond acceptors (Lipinski definition) is 6. The molecule has 0 spiro atoms. The maximum Gasteiger partial charge on any atom is 0.222 e. The number of β-amino-alcohol motifs (C(OH)–C–C–N with tert-alkyl or cyclic N) is 1. The largest absolute Gasteiger partial charge is 0.388 e. The van der Waals surface area contributed by atoms with Crippen LogP contribution < -0.4 is 5.32 Å². The smallest absolute Gasteiger partial charge is 0.222 e. The average Bonchev–Trinajstić information content (AvgIpc) is 2.75. The zero-order valence-electron chi connectivity index (χ0n) is 17.3. The number of benzene rings is 1. The number of rotatable bonds is 9. The second-order valence-electron chi connectivity index (χ2n) is 8.18. The Balaban J connectivity index is 1.34. The fraction of sp³-hybridized carbons (Fsp3) is 0.682. The highest BCUT2D eigenvalue weighted by Crippen LogP contribution is 2.23. The molecule has 0 radical (unpaired) electrons. The minimum absolute atomic E-state index is 0.0356. The summed E-state index contributed by atoms with van der Waals surface area (Å²) in [5, 5.41) is 24.6. The lowest BCUT2D eigenvalue weighted by Gasteiger charge is -2.42. The van der Waals surface area contributed by atoms with Crippen LogP contribution in [0.1, 0.15) is 24.8 Å². The van der Waals surface area contributed by atoms with Gasteiger partial charge in [-0.25, -0.2) is 0 Å². The third-order valence-corrected chi connectivity index (χ3v) is 6.01. The van der Waals surface area contributed by atoms with Crippen LogP contribution in [0.4, 0.5) is 0 Å². The molecule has 29 heavy (non-hydrogen) atoms. The van der Waals surface area contributed by atoms with Gasteiger partial charge in [0.2, 0.25) is 5.91 Å². The van der Waals surface area contributed by atoms with Crippen molar-refractivity contribution in [2.45, 2.75) is 37.4 Å². The summed E-state index contributed by atoms with van der Waals surface area (Å²) in [5.74, 6) is 0.0356. The number of piperidine rings is 1. The van der Waals surface area contributed by atoms with E-state index in [1.165, 1.54) is 0 Å². The molecule has 2 heterocycles. The lowest BCUT2D eigenvalue weighted by atomic mass is 9.88. The van der Waals surface area contributed by atoms with Gasteiger partial charge in [0.25, 0.3) is 0 Å². The monoisotopic (exact) mass is 405 g/mol. The van der Waals surface area contributed by atoms with Gasteiger partial charge in [-0.05, 0) is 37.9 Å². The van der Waals surface area contributed by atoms with E-state index in [2.05, 4.69) is 10.2 Å². The molecule has 162 valence electrons. The van der Waals surface area contributed by atoms with Crippen molar-refractivity contribution in [3.63, 3.8) is 0 Å². The van der Waals surface area contributed by atoms with Crippen molar-refractivity contribution in [3.05, 3.63) is 35.9 Å². The minimum Gasteiger partial charge on any atom is -0.388 e. The molecule has 3 rings (SSSR count). The number of aliphatic hydroxyl groups is 2. The normalized spacial score (nSPS) is 25.9. The van der Waals surface area contributed by atoms with E-state index in [4.69, 9.17) is 4.74 Å². The second-order valence-corrected chi connectivity index (χ2v) is 8.18. The molecule has 7 nitrogen and oxygen atoms in total. The molecule has 1 aromatic carbocycles. The van der Waals surface area contributed by atoms with Crippen LogP contribution in [0.15, 0.2) is 30.3 Å². The van der Waals surface area contributed by atoms with Gasteiger partial charge in [0.1, 0.15) is 11.7 Å². The third-order valence-electron chi connectivity index (χ3n) is 6.01. The van der Waals surface area contributed by atoms with Crippen molar-refractivity contribution in [3.8, 4) is 0 Å². The summed E-state index contributed by atoms with van der Waals surface area (Å²) in [5.41, 5.74) is -0.0361. The van der Waals surface area contributed by atoms with Gasteiger partial charge in [0, 0.05) is 39.1 Å². The summed E-state index contributed by atoms with van der Waals surface area (Å²) >= 11 is 0. The summed E-state index contributed by atoms with van der Waals surface area (Å²) < 4.78 is 5.35. The van der Waals surface area contributed by atoms with Gasteiger partial charge in [-0.3, -0.25) is 9.69 Å². The second kappa shape index (κ2) is 11.0. The van der Waals surface area contributed by atoms with E-state index < -0.39 is 11.7 Å². The Bertz CT molecular complexity index is 624. The SMILES string of the molecule is O=C(CCc1ccccc1)N1CC[C@](O)(CNCCCN2CCOCC2)[C@@H](O)C1. The van der Waals surface area contributed by atoms with Gasteiger partial charge in [-0.1, -0.05) is 30.3 Å². The highest BCUT2D eigenvalue weighted by Gasteiger charge is 2.41. The van der Waals surface area contributed by atoms with E-state index in [0.29, 0.717) is 32.4 Å². The summed E-state index contributed by atoms with van der Waals surface area (Å²) in [6, 6.07) is 9.94. The van der Waals surface area contributed by atoms with Gasteiger partial charge in [0.15, 0.2) is 0 Å². The molecular formula is C22H35N3O4. The predicted octanol–water partition coefficient (Wildman–Crippen LogP) is 0.255.